The number of carbonyl (C=O) groups excluding carboxylic acids is 1. The summed E-state index contributed by atoms with van der Waals surface area (Å²) >= 11 is 0. The van der Waals surface area contributed by atoms with Crippen molar-refractivity contribution in [3.8, 4) is 17.3 Å². The molecule has 0 aliphatic carbocycles. The molecule has 0 spiro atoms. The molecular formula is C19H17F3N4O4. The second kappa shape index (κ2) is 8.80. The molecule has 2 aromatic heterocycles. The molecule has 1 N–H and O–H groups in total. The zero-order valence-corrected chi connectivity index (χ0v) is 16.0. The Kier molecular flexibility index (Phi) is 6.19. The first kappa shape index (κ1) is 21.1. The van der Waals surface area contributed by atoms with Gasteiger partial charge in [-0.25, -0.2) is 9.78 Å². The molecule has 0 fully saturated rings. The predicted molar refractivity (Wildman–Crippen MR) is 97.3 cm³/mol. The van der Waals surface area contributed by atoms with Gasteiger partial charge in [0, 0.05) is 29.9 Å². The Morgan fingerprint density at radius 3 is 2.63 bits per heavy atom. The van der Waals surface area contributed by atoms with Gasteiger partial charge in [0.15, 0.2) is 0 Å². The summed E-state index contributed by atoms with van der Waals surface area (Å²) in [6, 6.07) is 8.19. The van der Waals surface area contributed by atoms with Crippen molar-refractivity contribution in [1.82, 2.24) is 20.4 Å². The van der Waals surface area contributed by atoms with Crippen LogP contribution in [0.15, 0.2) is 41.1 Å². The highest BCUT2D eigenvalue weighted by Crippen LogP contribution is 2.29. The van der Waals surface area contributed by atoms with Crippen LogP contribution in [0.2, 0.25) is 0 Å². The fraction of sp³-hybridized carbons (Fsp3) is 0.263. The predicted octanol–water partition coefficient (Wildman–Crippen LogP) is 3.89. The van der Waals surface area contributed by atoms with Gasteiger partial charge in [-0.1, -0.05) is 17.3 Å². The molecule has 1 amide bonds. The normalized spacial score (nSPS) is 11.2. The number of pyridine rings is 1. The van der Waals surface area contributed by atoms with Crippen LogP contribution in [0.1, 0.15) is 22.6 Å². The summed E-state index contributed by atoms with van der Waals surface area (Å²) in [5.74, 6) is -1.12. The first-order chi connectivity index (χ1) is 14.3. The largest absolute Gasteiger partial charge is 0.481 e. The summed E-state index contributed by atoms with van der Waals surface area (Å²) in [5, 5.41) is 5.96. The molecule has 0 aliphatic heterocycles. The molecule has 158 valence electrons. The zero-order chi connectivity index (χ0) is 21.7. The van der Waals surface area contributed by atoms with Crippen molar-refractivity contribution in [1.29, 1.82) is 0 Å². The third-order valence-corrected chi connectivity index (χ3v) is 4.07. The van der Waals surface area contributed by atoms with Crippen LogP contribution in [0, 0.1) is 6.92 Å². The summed E-state index contributed by atoms with van der Waals surface area (Å²) in [6.07, 6.45) is -3.79. The van der Waals surface area contributed by atoms with Crippen molar-refractivity contribution in [2.75, 3.05) is 7.11 Å². The van der Waals surface area contributed by atoms with Crippen LogP contribution in [0.25, 0.3) is 11.4 Å². The summed E-state index contributed by atoms with van der Waals surface area (Å²) < 4.78 is 52.1. The number of hydrogen-bond donors (Lipinski definition) is 1. The van der Waals surface area contributed by atoms with E-state index >= 15 is 0 Å². The first-order valence-corrected chi connectivity index (χ1v) is 8.66. The molecule has 2 heterocycles. The lowest BCUT2D eigenvalue weighted by Gasteiger charge is -2.10. The Morgan fingerprint density at radius 2 is 2.03 bits per heavy atom. The minimum Gasteiger partial charge on any atom is -0.481 e. The highest BCUT2D eigenvalue weighted by atomic mass is 19.4. The molecule has 0 saturated heterocycles. The first-order valence-electron chi connectivity index (χ1n) is 8.66. The highest BCUT2D eigenvalue weighted by Gasteiger charge is 2.38. The summed E-state index contributed by atoms with van der Waals surface area (Å²) in [6.45, 7) is 1.96. The molecule has 0 bridgehead atoms. The van der Waals surface area contributed by atoms with Crippen molar-refractivity contribution in [2.24, 2.45) is 0 Å². The van der Waals surface area contributed by atoms with E-state index in [-0.39, 0.29) is 19.0 Å². The number of nitrogens with zero attached hydrogens (tertiary/aromatic N) is 3. The molecule has 0 atom stereocenters. The molecule has 0 aliphatic rings. The minimum absolute atomic E-state index is 0.0418. The topological polar surface area (TPSA) is 99.4 Å². The molecule has 3 aromatic rings. The number of alkyl carbamates (subject to hydrolysis) is 1. The number of alkyl halides is 3. The zero-order valence-electron chi connectivity index (χ0n) is 16.0. The lowest BCUT2D eigenvalue weighted by molar-refractivity contribution is -0.159. The van der Waals surface area contributed by atoms with Gasteiger partial charge in [-0.3, -0.25) is 0 Å². The average Bonchev–Trinajstić information content (AvgIpc) is 3.22. The lowest BCUT2D eigenvalue weighted by Crippen LogP contribution is -2.24. The van der Waals surface area contributed by atoms with E-state index < -0.39 is 18.2 Å². The third-order valence-electron chi connectivity index (χ3n) is 4.07. The third kappa shape index (κ3) is 5.25. The second-order valence-electron chi connectivity index (χ2n) is 6.20. The van der Waals surface area contributed by atoms with Gasteiger partial charge in [0.25, 0.3) is 0 Å². The van der Waals surface area contributed by atoms with E-state index in [1.54, 1.807) is 37.3 Å². The van der Waals surface area contributed by atoms with E-state index in [2.05, 4.69) is 25.0 Å². The van der Waals surface area contributed by atoms with Gasteiger partial charge < -0.3 is 19.3 Å². The molecule has 3 rings (SSSR count). The molecule has 0 saturated carbocycles. The number of ether oxygens (including phenoxy) is 2. The van der Waals surface area contributed by atoms with E-state index in [4.69, 9.17) is 9.47 Å². The summed E-state index contributed by atoms with van der Waals surface area (Å²) in [5.41, 5.74) is 2.54. The summed E-state index contributed by atoms with van der Waals surface area (Å²) in [4.78, 5) is 19.3. The van der Waals surface area contributed by atoms with Crippen LogP contribution in [-0.2, 0) is 24.1 Å². The number of aryl methyl sites for hydroxylation is 1. The van der Waals surface area contributed by atoms with Crippen LogP contribution in [0.5, 0.6) is 5.88 Å². The number of carbonyl (C=O) groups is 1. The van der Waals surface area contributed by atoms with Gasteiger partial charge in [0.1, 0.15) is 6.61 Å². The Bertz CT molecular complexity index is 1020. The van der Waals surface area contributed by atoms with Crippen LogP contribution in [0.3, 0.4) is 0 Å². The standard InChI is InChI=1S/C19H17F3N4O4/c1-11-7-13(16-25-17(30-26-16)19(20,21)22)4-5-14(11)9-24-18(27)29-10-12-3-6-15(28-2)23-8-12/h3-8H,9-10H2,1-2H3,(H,24,27). The van der Waals surface area contributed by atoms with Gasteiger partial charge >= 0.3 is 18.2 Å². The van der Waals surface area contributed by atoms with Crippen molar-refractivity contribution >= 4 is 6.09 Å². The maximum absolute atomic E-state index is 12.6. The average molecular weight is 422 g/mol. The Balaban J connectivity index is 1.55. The van der Waals surface area contributed by atoms with Crippen molar-refractivity contribution in [3.63, 3.8) is 0 Å². The fourth-order valence-corrected chi connectivity index (χ4v) is 2.47. The Hall–Kier alpha value is -3.63. The molecule has 11 heteroatoms. The van der Waals surface area contributed by atoms with Crippen LogP contribution in [-0.4, -0.2) is 28.3 Å². The van der Waals surface area contributed by atoms with Gasteiger partial charge in [0.2, 0.25) is 11.7 Å². The summed E-state index contributed by atoms with van der Waals surface area (Å²) in [7, 11) is 1.50. The quantitative estimate of drug-likeness (QED) is 0.643. The number of methoxy groups -OCH3 is 1. The van der Waals surface area contributed by atoms with Gasteiger partial charge in [-0.2, -0.15) is 18.2 Å². The van der Waals surface area contributed by atoms with Crippen molar-refractivity contribution in [3.05, 3.63) is 59.1 Å². The smallest absolute Gasteiger partial charge is 0.471 e. The maximum Gasteiger partial charge on any atom is 0.471 e. The van der Waals surface area contributed by atoms with E-state index in [1.807, 2.05) is 0 Å². The fourth-order valence-electron chi connectivity index (χ4n) is 2.47. The highest BCUT2D eigenvalue weighted by molar-refractivity contribution is 5.67. The number of aromatic nitrogens is 3. The van der Waals surface area contributed by atoms with Crippen LogP contribution < -0.4 is 10.1 Å². The van der Waals surface area contributed by atoms with Crippen LogP contribution in [0.4, 0.5) is 18.0 Å². The van der Waals surface area contributed by atoms with Crippen molar-refractivity contribution < 1.29 is 32.0 Å². The number of nitrogens with one attached hydrogen (secondary N) is 1. The molecular weight excluding hydrogens is 405 g/mol. The van der Waals surface area contributed by atoms with E-state index in [1.165, 1.54) is 13.3 Å². The number of halogens is 3. The molecule has 1 aromatic carbocycles. The second-order valence-corrected chi connectivity index (χ2v) is 6.20. The number of benzene rings is 1. The number of hydrogen-bond acceptors (Lipinski definition) is 7. The van der Waals surface area contributed by atoms with E-state index in [0.29, 0.717) is 17.0 Å². The van der Waals surface area contributed by atoms with Crippen LogP contribution >= 0.6 is 0 Å². The molecule has 30 heavy (non-hydrogen) atoms. The van der Waals surface area contributed by atoms with E-state index in [9.17, 15) is 18.0 Å². The lowest BCUT2D eigenvalue weighted by atomic mass is 10.0. The molecule has 8 nitrogen and oxygen atoms in total. The SMILES string of the molecule is COc1ccc(COC(=O)NCc2ccc(-c3noc(C(F)(F)F)n3)cc2C)cn1. The van der Waals surface area contributed by atoms with Gasteiger partial charge in [-0.15, -0.1) is 0 Å². The van der Waals surface area contributed by atoms with Gasteiger partial charge in [0.05, 0.1) is 7.11 Å². The number of amides is 1. The van der Waals surface area contributed by atoms with E-state index in [0.717, 1.165) is 11.1 Å². The number of rotatable bonds is 6. The molecule has 0 unspecified atom stereocenters. The Morgan fingerprint density at radius 1 is 1.23 bits per heavy atom. The monoisotopic (exact) mass is 422 g/mol. The Labute approximate surface area is 169 Å². The minimum atomic E-state index is -4.70. The van der Waals surface area contributed by atoms with Crippen molar-refractivity contribution in [2.45, 2.75) is 26.3 Å². The van der Waals surface area contributed by atoms with Gasteiger partial charge in [-0.05, 0) is 30.2 Å². The molecule has 0 radical (unpaired) electrons. The maximum atomic E-state index is 12.6.